The Hall–Kier alpha value is -0.960. The van der Waals surface area contributed by atoms with E-state index in [4.69, 9.17) is 0 Å². The van der Waals surface area contributed by atoms with Gasteiger partial charge in [0.25, 0.3) is 0 Å². The van der Waals surface area contributed by atoms with Crippen LogP contribution in [0.2, 0.25) is 0 Å². The highest BCUT2D eigenvalue weighted by Crippen LogP contribution is 2.17. The van der Waals surface area contributed by atoms with Gasteiger partial charge in [0, 0.05) is 12.1 Å². The molecule has 0 saturated carbocycles. The number of hydrogen-bond acceptors (Lipinski definition) is 1. The summed E-state index contributed by atoms with van der Waals surface area (Å²) in [6.07, 6.45) is 3.98. The van der Waals surface area contributed by atoms with Crippen LogP contribution in [-0.2, 0) is 6.42 Å². The van der Waals surface area contributed by atoms with Gasteiger partial charge < -0.3 is 5.32 Å². The average Bonchev–Trinajstić information content (AvgIpc) is 2.31. The van der Waals surface area contributed by atoms with Crippen molar-refractivity contribution < 1.29 is 8.78 Å². The van der Waals surface area contributed by atoms with Gasteiger partial charge in [-0.1, -0.05) is 32.8 Å². The van der Waals surface area contributed by atoms with Crippen LogP contribution in [-0.4, -0.2) is 13.1 Å². The van der Waals surface area contributed by atoms with Crippen LogP contribution in [0.25, 0.3) is 0 Å². The van der Waals surface area contributed by atoms with E-state index in [2.05, 4.69) is 19.2 Å². The summed E-state index contributed by atoms with van der Waals surface area (Å²) in [5.74, 6) is -0.342. The van der Waals surface area contributed by atoms with Gasteiger partial charge >= 0.3 is 0 Å². The number of hydrogen-bond donors (Lipinski definition) is 1. The van der Waals surface area contributed by atoms with E-state index < -0.39 is 11.6 Å². The lowest BCUT2D eigenvalue weighted by atomic mass is 9.93. The first-order valence-corrected chi connectivity index (χ1v) is 6.68. The highest BCUT2D eigenvalue weighted by atomic mass is 19.1. The Labute approximate surface area is 109 Å². The van der Waals surface area contributed by atoms with E-state index in [0.29, 0.717) is 17.9 Å². The molecule has 0 aliphatic carbocycles. The lowest BCUT2D eigenvalue weighted by Crippen LogP contribution is -2.30. The van der Waals surface area contributed by atoms with Crippen LogP contribution in [0.3, 0.4) is 0 Å². The van der Waals surface area contributed by atoms with Crippen molar-refractivity contribution in [3.63, 3.8) is 0 Å². The third-order valence-electron chi connectivity index (χ3n) is 3.36. The topological polar surface area (TPSA) is 12.0 Å². The van der Waals surface area contributed by atoms with Crippen LogP contribution in [0.5, 0.6) is 0 Å². The quantitative estimate of drug-likeness (QED) is 0.778. The molecule has 0 saturated heterocycles. The Balaban J connectivity index is 2.62. The molecule has 0 aliphatic rings. The van der Waals surface area contributed by atoms with Gasteiger partial charge in [-0.15, -0.1) is 0 Å². The molecule has 1 N–H and O–H groups in total. The molecule has 18 heavy (non-hydrogen) atoms. The smallest absolute Gasteiger partial charge is 0.129 e. The molecule has 0 radical (unpaired) electrons. The van der Waals surface area contributed by atoms with Crippen molar-refractivity contribution >= 4 is 0 Å². The zero-order valence-electron chi connectivity index (χ0n) is 11.5. The predicted molar refractivity (Wildman–Crippen MR) is 71.6 cm³/mol. The van der Waals surface area contributed by atoms with E-state index in [0.717, 1.165) is 12.5 Å². The fraction of sp³-hybridized carbons (Fsp3) is 0.600. The molecule has 1 aromatic carbocycles. The second-order valence-electron chi connectivity index (χ2n) is 5.06. The van der Waals surface area contributed by atoms with E-state index in [1.807, 2.05) is 7.05 Å². The minimum absolute atomic E-state index is 0.242. The molecule has 1 aromatic rings. The van der Waals surface area contributed by atoms with Crippen LogP contribution >= 0.6 is 0 Å². The van der Waals surface area contributed by atoms with Crippen LogP contribution in [0.15, 0.2) is 18.2 Å². The van der Waals surface area contributed by atoms with Gasteiger partial charge in [0.1, 0.15) is 11.6 Å². The monoisotopic (exact) mass is 255 g/mol. The predicted octanol–water partition coefficient (Wildman–Crippen LogP) is 3.92. The highest BCUT2D eigenvalue weighted by molar-refractivity contribution is 5.19. The molecule has 1 rings (SSSR count). The molecule has 3 heteroatoms. The van der Waals surface area contributed by atoms with Crippen molar-refractivity contribution in [2.24, 2.45) is 5.92 Å². The maximum Gasteiger partial charge on any atom is 0.129 e. The second-order valence-corrected chi connectivity index (χ2v) is 5.06. The fourth-order valence-corrected chi connectivity index (χ4v) is 2.35. The molecule has 0 aliphatic heterocycles. The van der Waals surface area contributed by atoms with Gasteiger partial charge in [0.15, 0.2) is 0 Å². The van der Waals surface area contributed by atoms with Gasteiger partial charge in [0.2, 0.25) is 0 Å². The Bertz CT molecular complexity index is 366. The maximum atomic E-state index is 13.6. The van der Waals surface area contributed by atoms with Gasteiger partial charge in [-0.3, -0.25) is 0 Å². The van der Waals surface area contributed by atoms with E-state index >= 15 is 0 Å². The number of halogens is 2. The minimum Gasteiger partial charge on any atom is -0.317 e. The van der Waals surface area contributed by atoms with Gasteiger partial charge in [-0.2, -0.15) is 0 Å². The zero-order valence-corrected chi connectivity index (χ0v) is 11.5. The second kappa shape index (κ2) is 7.47. The molecule has 0 fully saturated rings. The fourth-order valence-electron chi connectivity index (χ4n) is 2.35. The summed E-state index contributed by atoms with van der Waals surface area (Å²) in [7, 11) is 1.89. The molecule has 2 atom stereocenters. The molecule has 0 heterocycles. The summed E-state index contributed by atoms with van der Waals surface area (Å²) in [5, 5.41) is 3.22. The standard InChI is InChI=1S/C15H23F2N/c1-4-5-11(2)8-14(18-3)9-12-6-7-13(16)10-15(12)17/h6-7,10-11,14,18H,4-5,8-9H2,1-3H3. The molecule has 0 aromatic heterocycles. The van der Waals surface area contributed by atoms with Crippen molar-refractivity contribution in [3.8, 4) is 0 Å². The molecule has 102 valence electrons. The molecule has 0 bridgehead atoms. The molecule has 0 spiro atoms. The lowest BCUT2D eigenvalue weighted by Gasteiger charge is -2.20. The first-order chi connectivity index (χ1) is 8.56. The lowest BCUT2D eigenvalue weighted by molar-refractivity contribution is 0.393. The number of rotatable bonds is 7. The molecule has 2 unspecified atom stereocenters. The highest BCUT2D eigenvalue weighted by Gasteiger charge is 2.14. The minimum atomic E-state index is -0.517. The van der Waals surface area contributed by atoms with Crippen molar-refractivity contribution in [2.75, 3.05) is 7.05 Å². The summed E-state index contributed by atoms with van der Waals surface area (Å²) in [4.78, 5) is 0. The Kier molecular flexibility index (Phi) is 6.27. The number of benzene rings is 1. The van der Waals surface area contributed by atoms with E-state index in [-0.39, 0.29) is 6.04 Å². The Morgan fingerprint density at radius 3 is 2.56 bits per heavy atom. The molecular weight excluding hydrogens is 232 g/mol. The van der Waals surface area contributed by atoms with Crippen LogP contribution in [0.4, 0.5) is 8.78 Å². The van der Waals surface area contributed by atoms with Gasteiger partial charge in [-0.25, -0.2) is 8.78 Å². The van der Waals surface area contributed by atoms with E-state index in [1.165, 1.54) is 18.9 Å². The van der Waals surface area contributed by atoms with Crippen LogP contribution in [0, 0.1) is 17.6 Å². The molecule has 0 amide bonds. The SMILES string of the molecule is CCCC(C)CC(Cc1ccc(F)cc1F)NC. The summed E-state index contributed by atoms with van der Waals surface area (Å²) >= 11 is 0. The van der Waals surface area contributed by atoms with E-state index in [1.54, 1.807) is 6.07 Å². The zero-order chi connectivity index (χ0) is 13.5. The average molecular weight is 255 g/mol. The third kappa shape index (κ3) is 4.73. The third-order valence-corrected chi connectivity index (χ3v) is 3.36. The summed E-state index contributed by atoms with van der Waals surface area (Å²) in [6, 6.07) is 4.06. The summed E-state index contributed by atoms with van der Waals surface area (Å²) in [5.41, 5.74) is 0.583. The van der Waals surface area contributed by atoms with Crippen molar-refractivity contribution in [2.45, 2.75) is 45.6 Å². The Morgan fingerprint density at radius 2 is 2.00 bits per heavy atom. The molecule has 1 nitrogen and oxygen atoms in total. The Morgan fingerprint density at radius 1 is 1.28 bits per heavy atom. The van der Waals surface area contributed by atoms with Crippen LogP contribution < -0.4 is 5.32 Å². The number of likely N-dealkylation sites (N-methyl/N-ethyl adjacent to an activating group) is 1. The van der Waals surface area contributed by atoms with Gasteiger partial charge in [0.05, 0.1) is 0 Å². The summed E-state index contributed by atoms with van der Waals surface area (Å²) < 4.78 is 26.4. The van der Waals surface area contributed by atoms with E-state index in [9.17, 15) is 8.78 Å². The first kappa shape index (κ1) is 15.1. The normalized spacial score (nSPS) is 14.5. The molecular formula is C15H23F2N. The summed E-state index contributed by atoms with van der Waals surface area (Å²) in [6.45, 7) is 4.39. The largest absolute Gasteiger partial charge is 0.317 e. The van der Waals surface area contributed by atoms with Crippen LogP contribution in [0.1, 0.15) is 38.7 Å². The number of nitrogens with one attached hydrogen (secondary N) is 1. The van der Waals surface area contributed by atoms with Crippen molar-refractivity contribution in [1.82, 2.24) is 5.32 Å². The van der Waals surface area contributed by atoms with Gasteiger partial charge in [-0.05, 0) is 37.4 Å². The first-order valence-electron chi connectivity index (χ1n) is 6.68. The maximum absolute atomic E-state index is 13.6. The van der Waals surface area contributed by atoms with Crippen molar-refractivity contribution in [1.29, 1.82) is 0 Å². The van der Waals surface area contributed by atoms with Crippen molar-refractivity contribution in [3.05, 3.63) is 35.4 Å².